The predicted molar refractivity (Wildman–Crippen MR) is 82.0 cm³/mol. The third-order valence-electron chi connectivity index (χ3n) is 3.28. The van der Waals surface area contributed by atoms with Crippen molar-refractivity contribution in [1.29, 1.82) is 0 Å². The zero-order valence-corrected chi connectivity index (χ0v) is 13.6. The summed E-state index contributed by atoms with van der Waals surface area (Å²) >= 11 is 1.45. The molecule has 0 aromatic carbocycles. The van der Waals surface area contributed by atoms with Crippen molar-refractivity contribution in [3.8, 4) is 0 Å². The number of hydrogen-bond acceptors (Lipinski definition) is 8. The summed E-state index contributed by atoms with van der Waals surface area (Å²) in [7, 11) is 0. The lowest BCUT2D eigenvalue weighted by Gasteiger charge is -2.48. The predicted octanol–water partition coefficient (Wildman–Crippen LogP) is 0.731. The number of carbonyl (C=O) groups is 3. The van der Waals surface area contributed by atoms with E-state index in [0.29, 0.717) is 11.3 Å². The average Bonchev–Trinajstić information content (AvgIpc) is 2.52. The Balaban J connectivity index is 2.09. The first kappa shape index (κ1) is 17.4. The molecule has 0 aromatic rings. The van der Waals surface area contributed by atoms with Crippen LogP contribution < -0.4 is 5.73 Å². The Morgan fingerprint density at radius 3 is 2.83 bits per heavy atom. The fourth-order valence-corrected chi connectivity index (χ4v) is 3.49. The van der Waals surface area contributed by atoms with Crippen molar-refractivity contribution in [3.63, 3.8) is 0 Å². The number of ether oxygens (including phenoxy) is 3. The second-order valence-electron chi connectivity index (χ2n) is 4.79. The van der Waals surface area contributed by atoms with Gasteiger partial charge in [0.05, 0.1) is 6.61 Å². The van der Waals surface area contributed by atoms with Gasteiger partial charge in [-0.25, -0.2) is 9.59 Å². The van der Waals surface area contributed by atoms with Gasteiger partial charge in [-0.1, -0.05) is 12.7 Å². The van der Waals surface area contributed by atoms with Crippen LogP contribution in [0.2, 0.25) is 0 Å². The number of rotatable bonds is 5. The lowest BCUT2D eigenvalue weighted by Crippen LogP contribution is -2.68. The highest BCUT2D eigenvalue weighted by Crippen LogP contribution is 2.40. The van der Waals surface area contributed by atoms with Crippen molar-refractivity contribution >= 4 is 29.8 Å². The Morgan fingerprint density at radius 1 is 1.52 bits per heavy atom. The van der Waals surface area contributed by atoms with Crippen molar-refractivity contribution in [2.45, 2.75) is 31.6 Å². The lowest BCUT2D eigenvalue weighted by molar-refractivity contribution is -0.168. The van der Waals surface area contributed by atoms with E-state index in [-0.39, 0.29) is 23.6 Å². The highest BCUT2D eigenvalue weighted by Gasteiger charge is 2.51. The molecule has 2 rings (SSSR count). The standard InChI is InChI=1S/C14H18N2O6S/c1-4-8-6-23-12-9(15)11(17)16(12)10(8)13(18)21-7(3)22-14(19)20-5-2/h4,7,9,12H,1,5-6,15H2,2-3H3/t7?,9?,12-/m1/s1. The molecule has 0 saturated carbocycles. The molecular formula is C14H18N2O6S. The SMILES string of the molecule is C=CC1=C(C(=O)OC(C)OC(=O)OCC)N2C(=O)C(N)[C@H]2SC1. The van der Waals surface area contributed by atoms with Crippen molar-refractivity contribution in [2.24, 2.45) is 5.73 Å². The molecule has 2 aliphatic rings. The number of nitrogens with zero attached hydrogens (tertiary/aromatic N) is 1. The van der Waals surface area contributed by atoms with Crippen LogP contribution in [0, 0.1) is 0 Å². The first-order valence-corrected chi connectivity index (χ1v) is 8.05. The van der Waals surface area contributed by atoms with Gasteiger partial charge in [-0.15, -0.1) is 11.8 Å². The van der Waals surface area contributed by atoms with E-state index < -0.39 is 24.5 Å². The molecule has 0 radical (unpaired) electrons. The number of allylic oxidation sites excluding steroid dienone is 1. The number of amides is 1. The Hall–Kier alpha value is -2.00. The van der Waals surface area contributed by atoms with E-state index in [9.17, 15) is 14.4 Å². The van der Waals surface area contributed by atoms with E-state index in [4.69, 9.17) is 15.2 Å². The van der Waals surface area contributed by atoms with Crippen LogP contribution in [0.1, 0.15) is 13.8 Å². The Labute approximate surface area is 137 Å². The average molecular weight is 342 g/mol. The Morgan fingerprint density at radius 2 is 2.22 bits per heavy atom. The van der Waals surface area contributed by atoms with E-state index in [1.54, 1.807) is 6.92 Å². The molecule has 1 fully saturated rings. The number of nitrogens with two attached hydrogens (primary N) is 1. The number of carbonyl (C=O) groups excluding carboxylic acids is 3. The van der Waals surface area contributed by atoms with Crippen LogP contribution in [-0.4, -0.2) is 53.0 Å². The van der Waals surface area contributed by atoms with Crippen molar-refractivity contribution in [2.75, 3.05) is 12.4 Å². The van der Waals surface area contributed by atoms with Gasteiger partial charge in [-0.2, -0.15) is 0 Å². The summed E-state index contributed by atoms with van der Waals surface area (Å²) in [5.74, 6) is -0.641. The monoisotopic (exact) mass is 342 g/mol. The molecule has 0 aromatic heterocycles. The number of hydrogen-bond donors (Lipinski definition) is 1. The number of esters is 1. The van der Waals surface area contributed by atoms with E-state index >= 15 is 0 Å². The van der Waals surface area contributed by atoms with Crippen LogP contribution in [0.5, 0.6) is 0 Å². The van der Waals surface area contributed by atoms with Gasteiger partial charge in [-0.3, -0.25) is 9.69 Å². The second kappa shape index (κ2) is 7.05. The van der Waals surface area contributed by atoms with Gasteiger partial charge in [0.15, 0.2) is 0 Å². The minimum atomic E-state index is -1.15. The van der Waals surface area contributed by atoms with Gasteiger partial charge in [0.1, 0.15) is 17.1 Å². The highest BCUT2D eigenvalue weighted by molar-refractivity contribution is 8.00. The maximum absolute atomic E-state index is 12.4. The summed E-state index contributed by atoms with van der Waals surface area (Å²) in [6, 6.07) is -0.637. The summed E-state index contributed by atoms with van der Waals surface area (Å²) in [6.07, 6.45) is -0.601. The number of β-lactam (4-membered cyclic amide) rings is 1. The second-order valence-corrected chi connectivity index (χ2v) is 5.89. The molecule has 2 heterocycles. The molecule has 23 heavy (non-hydrogen) atoms. The Kier molecular flexibility index (Phi) is 5.32. The van der Waals surface area contributed by atoms with Crippen molar-refractivity contribution < 1.29 is 28.6 Å². The van der Waals surface area contributed by atoms with Crippen LogP contribution >= 0.6 is 11.8 Å². The zero-order chi connectivity index (χ0) is 17.1. The smallest absolute Gasteiger partial charge is 0.435 e. The van der Waals surface area contributed by atoms with Gasteiger partial charge < -0.3 is 19.9 Å². The lowest BCUT2D eigenvalue weighted by atomic mass is 10.0. The molecule has 1 amide bonds. The van der Waals surface area contributed by atoms with E-state index in [1.807, 2.05) is 0 Å². The van der Waals surface area contributed by atoms with Gasteiger partial charge in [0.25, 0.3) is 0 Å². The molecule has 2 aliphatic heterocycles. The fourth-order valence-electron chi connectivity index (χ4n) is 2.20. The molecule has 1 saturated heterocycles. The zero-order valence-electron chi connectivity index (χ0n) is 12.8. The largest absolute Gasteiger partial charge is 0.511 e. The molecule has 2 unspecified atom stereocenters. The fraction of sp³-hybridized carbons (Fsp3) is 0.500. The third kappa shape index (κ3) is 3.35. The van der Waals surface area contributed by atoms with Gasteiger partial charge >= 0.3 is 12.1 Å². The molecule has 0 bridgehead atoms. The van der Waals surface area contributed by atoms with E-state index in [2.05, 4.69) is 11.3 Å². The minimum Gasteiger partial charge on any atom is -0.435 e. The normalized spacial score (nSPS) is 24.3. The molecule has 2 N–H and O–H groups in total. The van der Waals surface area contributed by atoms with Crippen LogP contribution in [0.15, 0.2) is 23.9 Å². The first-order chi connectivity index (χ1) is 10.9. The number of fused-ring (bicyclic) bond motifs is 1. The molecule has 0 spiro atoms. The summed E-state index contributed by atoms with van der Waals surface area (Å²) < 4.78 is 14.4. The highest BCUT2D eigenvalue weighted by atomic mass is 32.2. The van der Waals surface area contributed by atoms with Crippen molar-refractivity contribution in [3.05, 3.63) is 23.9 Å². The minimum absolute atomic E-state index is 0.0924. The van der Waals surface area contributed by atoms with Gasteiger partial charge in [0, 0.05) is 12.7 Å². The molecule has 126 valence electrons. The summed E-state index contributed by atoms with van der Waals surface area (Å²) in [4.78, 5) is 36.8. The van der Waals surface area contributed by atoms with Gasteiger partial charge in [0.2, 0.25) is 12.2 Å². The molecule has 9 heteroatoms. The van der Waals surface area contributed by atoms with Crippen LogP contribution in [-0.2, 0) is 23.8 Å². The molecule has 3 atom stereocenters. The van der Waals surface area contributed by atoms with Crippen LogP contribution in [0.3, 0.4) is 0 Å². The third-order valence-corrected chi connectivity index (χ3v) is 4.60. The molecular weight excluding hydrogens is 324 g/mol. The Bertz CT molecular complexity index is 576. The van der Waals surface area contributed by atoms with Crippen LogP contribution in [0.25, 0.3) is 0 Å². The quantitative estimate of drug-likeness (QED) is 0.442. The molecule has 8 nitrogen and oxygen atoms in total. The maximum Gasteiger partial charge on any atom is 0.511 e. The summed E-state index contributed by atoms with van der Waals surface area (Å²) in [6.45, 7) is 6.79. The molecule has 0 aliphatic carbocycles. The van der Waals surface area contributed by atoms with E-state index in [1.165, 1.54) is 29.7 Å². The summed E-state index contributed by atoms with van der Waals surface area (Å²) in [5.41, 5.74) is 6.39. The van der Waals surface area contributed by atoms with Crippen molar-refractivity contribution in [1.82, 2.24) is 4.90 Å². The topological polar surface area (TPSA) is 108 Å². The first-order valence-electron chi connectivity index (χ1n) is 7.00. The number of thioether (sulfide) groups is 1. The van der Waals surface area contributed by atoms with Crippen LogP contribution in [0.4, 0.5) is 4.79 Å². The summed E-state index contributed by atoms with van der Waals surface area (Å²) in [5, 5.41) is -0.296. The van der Waals surface area contributed by atoms with Gasteiger partial charge in [-0.05, 0) is 12.5 Å². The van der Waals surface area contributed by atoms with E-state index in [0.717, 1.165) is 0 Å². The maximum atomic E-state index is 12.4.